The number of amides is 8. The molecular formula is C36H67N9O12. The van der Waals surface area contributed by atoms with Gasteiger partial charge in [-0.1, -0.05) is 0 Å². The van der Waals surface area contributed by atoms with Gasteiger partial charge in [-0.3, -0.25) is 59.2 Å². The van der Waals surface area contributed by atoms with E-state index in [9.17, 15) is 54.0 Å². The molecule has 0 spiro atoms. The van der Waals surface area contributed by atoms with Crippen LogP contribution in [0.2, 0.25) is 0 Å². The summed E-state index contributed by atoms with van der Waals surface area (Å²) < 4.78 is 0. The van der Waals surface area contributed by atoms with Crippen molar-refractivity contribution in [3.63, 3.8) is 0 Å². The van der Waals surface area contributed by atoms with E-state index in [0.717, 1.165) is 7.05 Å². The van der Waals surface area contributed by atoms with Crippen LogP contribution in [0.5, 0.6) is 0 Å². The highest BCUT2D eigenvalue weighted by molar-refractivity contribution is 5.89. The number of carbonyl (C=O) groups excluding carboxylic acids is 8. The maximum atomic E-state index is 12.7. The third-order valence-electron chi connectivity index (χ3n) is 8.68. The Kier molecular flexibility index (Phi) is 30.1. The van der Waals surface area contributed by atoms with Gasteiger partial charge in [0, 0.05) is 91.8 Å². The number of nitrogens with two attached hydrogens (primary N) is 1. The second-order valence-electron chi connectivity index (χ2n) is 13.7. The van der Waals surface area contributed by atoms with E-state index in [1.165, 1.54) is 6.92 Å². The van der Waals surface area contributed by atoms with E-state index in [1.54, 1.807) is 0 Å². The lowest BCUT2D eigenvalue weighted by Gasteiger charge is -2.19. The van der Waals surface area contributed by atoms with Crippen molar-refractivity contribution in [1.82, 2.24) is 41.5 Å². The van der Waals surface area contributed by atoms with Gasteiger partial charge in [-0.25, -0.2) is 20.3 Å². The molecule has 0 aliphatic carbocycles. The topological polar surface area (TPSA) is 305 Å². The molecule has 0 aromatic rings. The van der Waals surface area contributed by atoms with Gasteiger partial charge in [0.2, 0.25) is 47.3 Å². The molecule has 1 unspecified atom stereocenters. The summed E-state index contributed by atoms with van der Waals surface area (Å²) in [6.07, 6.45) is 5.84. The van der Waals surface area contributed by atoms with Gasteiger partial charge in [0.05, 0.1) is 0 Å². The Hall–Kier alpha value is -4.44. The molecule has 0 aromatic heterocycles. The largest absolute Gasteiger partial charge is 0.356 e. The van der Waals surface area contributed by atoms with E-state index in [2.05, 4.69) is 21.3 Å². The summed E-state index contributed by atoms with van der Waals surface area (Å²) in [5.74, 6) is -3.81. The number of hydrogen-bond donors (Lipinski definition) is 9. The second kappa shape index (κ2) is 32.6. The number of nitrogens with one attached hydrogen (secondary N) is 4. The van der Waals surface area contributed by atoms with Crippen LogP contribution in [-0.2, 0) is 38.4 Å². The van der Waals surface area contributed by atoms with Gasteiger partial charge in [-0.15, -0.1) is 0 Å². The zero-order valence-electron chi connectivity index (χ0n) is 33.7. The Morgan fingerprint density at radius 2 is 0.930 bits per heavy atom. The summed E-state index contributed by atoms with van der Waals surface area (Å²) in [5.41, 5.74) is 5.53. The third-order valence-corrected chi connectivity index (χ3v) is 8.68. The van der Waals surface area contributed by atoms with Crippen molar-refractivity contribution in [3.8, 4) is 0 Å². The minimum Gasteiger partial charge on any atom is -0.356 e. The van der Waals surface area contributed by atoms with Crippen LogP contribution in [-0.4, -0.2) is 147 Å². The van der Waals surface area contributed by atoms with Gasteiger partial charge in [0.1, 0.15) is 6.04 Å². The van der Waals surface area contributed by atoms with E-state index in [4.69, 9.17) is 10.9 Å². The molecule has 8 amide bonds. The lowest BCUT2D eigenvalue weighted by Crippen LogP contribution is -2.47. The van der Waals surface area contributed by atoms with Crippen LogP contribution in [0.3, 0.4) is 0 Å². The molecule has 0 fully saturated rings. The Morgan fingerprint density at radius 1 is 0.509 bits per heavy atom. The van der Waals surface area contributed by atoms with Crippen LogP contribution < -0.4 is 27.0 Å². The van der Waals surface area contributed by atoms with Crippen LogP contribution in [0.15, 0.2) is 0 Å². The fourth-order valence-corrected chi connectivity index (χ4v) is 5.17. The molecule has 0 aliphatic heterocycles. The molecular weight excluding hydrogens is 750 g/mol. The Balaban J connectivity index is 4.06. The molecule has 57 heavy (non-hydrogen) atoms. The first-order valence-corrected chi connectivity index (χ1v) is 19.8. The highest BCUT2D eigenvalue weighted by Crippen LogP contribution is 2.06. The van der Waals surface area contributed by atoms with Gasteiger partial charge in [0.15, 0.2) is 0 Å². The van der Waals surface area contributed by atoms with Crippen LogP contribution in [0.1, 0.15) is 122 Å². The smallest absolute Gasteiger partial charge is 0.246 e. The minimum atomic E-state index is -0.807. The molecule has 10 N–H and O–H groups in total. The summed E-state index contributed by atoms with van der Waals surface area (Å²) in [5, 5.41) is 51.4. The normalized spacial score (nSPS) is 11.2. The van der Waals surface area contributed by atoms with Crippen LogP contribution >= 0.6 is 0 Å². The van der Waals surface area contributed by atoms with Crippen LogP contribution in [0.4, 0.5) is 0 Å². The van der Waals surface area contributed by atoms with Crippen molar-refractivity contribution in [1.29, 1.82) is 0 Å². The minimum absolute atomic E-state index is 0.0438. The summed E-state index contributed by atoms with van der Waals surface area (Å²) in [7, 11) is 1.16. The predicted octanol–water partition coefficient (Wildman–Crippen LogP) is 0.321. The van der Waals surface area contributed by atoms with Gasteiger partial charge in [0.25, 0.3) is 0 Å². The van der Waals surface area contributed by atoms with Crippen molar-refractivity contribution in [2.24, 2.45) is 5.73 Å². The number of hydrogen-bond acceptors (Lipinski definition) is 13. The van der Waals surface area contributed by atoms with Crippen molar-refractivity contribution < 1.29 is 59.2 Å². The fraction of sp³-hybridized carbons (Fsp3) is 0.778. The summed E-state index contributed by atoms with van der Waals surface area (Å²) >= 11 is 0. The molecule has 328 valence electrons. The zero-order chi connectivity index (χ0) is 43.0. The van der Waals surface area contributed by atoms with Crippen molar-refractivity contribution in [2.45, 2.75) is 129 Å². The maximum absolute atomic E-state index is 12.7. The highest BCUT2D eigenvalue weighted by atomic mass is 16.5. The number of rotatable bonds is 33. The quantitative estimate of drug-likeness (QED) is 0.0245. The van der Waals surface area contributed by atoms with Gasteiger partial charge >= 0.3 is 0 Å². The van der Waals surface area contributed by atoms with E-state index < -0.39 is 35.6 Å². The maximum Gasteiger partial charge on any atom is 0.246 e. The Morgan fingerprint density at radius 3 is 1.37 bits per heavy atom. The predicted molar refractivity (Wildman–Crippen MR) is 204 cm³/mol. The summed E-state index contributed by atoms with van der Waals surface area (Å²) in [6.45, 7) is 3.04. The number of hydroxylamine groups is 8. The summed E-state index contributed by atoms with van der Waals surface area (Å²) in [4.78, 5) is 95.8. The third kappa shape index (κ3) is 28.6. The lowest BCUT2D eigenvalue weighted by atomic mass is 10.1. The number of nitrogens with zero attached hydrogens (tertiary/aromatic N) is 4. The van der Waals surface area contributed by atoms with Gasteiger partial charge in [-0.2, -0.15) is 0 Å². The first-order valence-electron chi connectivity index (χ1n) is 19.8. The first kappa shape index (κ1) is 52.6. The zero-order valence-corrected chi connectivity index (χ0v) is 33.7. The Bertz CT molecular complexity index is 1240. The van der Waals surface area contributed by atoms with Gasteiger partial charge < -0.3 is 27.0 Å². The lowest BCUT2D eigenvalue weighted by molar-refractivity contribution is -0.166. The average molecular weight is 818 g/mol. The van der Waals surface area contributed by atoms with Gasteiger partial charge in [-0.05, 0) is 83.6 Å². The fourth-order valence-electron chi connectivity index (χ4n) is 5.17. The molecule has 0 aromatic carbocycles. The molecule has 0 radical (unpaired) electrons. The molecule has 0 bridgehead atoms. The SMILES string of the molecule is CC(=O)N(O)CCCCCNC(=O)CCC(=O)N(O)CCCCCNC(=O)CCC(=O)N(O)CCCCCNC(=O)C(CCCCN)NC(=O)CCC(=O)N(C)O. The molecule has 1 atom stereocenters. The average Bonchev–Trinajstić information content (AvgIpc) is 3.17. The molecule has 0 saturated heterocycles. The molecule has 0 aliphatic rings. The molecule has 21 nitrogen and oxygen atoms in total. The van der Waals surface area contributed by atoms with Crippen molar-refractivity contribution >= 4 is 47.3 Å². The first-order chi connectivity index (χ1) is 27.1. The molecule has 0 heterocycles. The van der Waals surface area contributed by atoms with Crippen LogP contribution in [0.25, 0.3) is 0 Å². The standard InChI is InChI=1S/C36H67N9O12/c1-28(46)43(55)25-11-3-8-22-38-30(47)15-19-34(51)44(56)26-12-4-9-23-39-31(48)16-20-35(52)45(57)27-13-5-10-24-40-36(53)29(14-6-7-21-37)41-32(49)17-18-33(50)42(2)54/h29,54-57H,3-27,37H2,1-2H3,(H,38,47)(H,39,48)(H,40,53)(H,41,49). The molecule has 0 saturated carbocycles. The van der Waals surface area contributed by atoms with E-state index in [1.807, 2.05) is 0 Å². The van der Waals surface area contributed by atoms with E-state index in [0.29, 0.717) is 123 Å². The summed E-state index contributed by atoms with van der Waals surface area (Å²) in [6, 6.07) is -0.807. The molecule has 21 heteroatoms. The van der Waals surface area contributed by atoms with Crippen molar-refractivity contribution in [2.75, 3.05) is 52.9 Å². The number of unbranched alkanes of at least 4 members (excludes halogenated alkanes) is 7. The van der Waals surface area contributed by atoms with E-state index >= 15 is 0 Å². The van der Waals surface area contributed by atoms with E-state index in [-0.39, 0.29) is 75.9 Å². The van der Waals surface area contributed by atoms with Crippen molar-refractivity contribution in [3.05, 3.63) is 0 Å². The van der Waals surface area contributed by atoms with Crippen LogP contribution in [0, 0.1) is 0 Å². The second-order valence-corrected chi connectivity index (χ2v) is 13.7. The molecule has 0 rings (SSSR count). The monoisotopic (exact) mass is 817 g/mol. The number of carbonyl (C=O) groups is 8. The Labute approximate surface area is 334 Å². The highest BCUT2D eigenvalue weighted by Gasteiger charge is 2.21.